The van der Waals surface area contributed by atoms with Crippen LogP contribution < -0.4 is 0 Å². The van der Waals surface area contributed by atoms with E-state index >= 15 is 0 Å². The highest BCUT2D eigenvalue weighted by atomic mass is 16.3. The topological polar surface area (TPSA) is 13.1 Å². The Hall–Kier alpha value is -7.22. The third kappa shape index (κ3) is 4.54. The van der Waals surface area contributed by atoms with Gasteiger partial charge in [-0.1, -0.05) is 158 Å². The van der Waals surface area contributed by atoms with E-state index in [4.69, 9.17) is 4.42 Å². The number of hydrogen-bond acceptors (Lipinski definition) is 1. The molecule has 12 aromatic rings. The molecule has 1 heteroatoms. The number of fused-ring (bicyclic) bond motifs is 11. The van der Waals surface area contributed by atoms with E-state index in [1.54, 1.807) is 0 Å². The first-order chi connectivity index (χ1) is 27.3. The van der Waals surface area contributed by atoms with E-state index in [9.17, 15) is 0 Å². The van der Waals surface area contributed by atoms with E-state index in [1.807, 2.05) is 0 Å². The van der Waals surface area contributed by atoms with Crippen molar-refractivity contribution in [1.82, 2.24) is 0 Å². The van der Waals surface area contributed by atoms with Gasteiger partial charge in [-0.2, -0.15) is 0 Å². The van der Waals surface area contributed by atoms with Crippen molar-refractivity contribution in [2.45, 2.75) is 0 Å². The van der Waals surface area contributed by atoms with Crippen LogP contribution in [0, 0.1) is 0 Å². The molecule has 0 radical (unpaired) electrons. The molecule has 0 saturated carbocycles. The lowest BCUT2D eigenvalue weighted by atomic mass is 9.84. The largest absolute Gasteiger partial charge is 0.455 e. The second kappa shape index (κ2) is 11.6. The van der Waals surface area contributed by atoms with Crippen LogP contribution >= 0.6 is 0 Å². The Morgan fingerprint density at radius 1 is 0.273 bits per heavy atom. The Morgan fingerprint density at radius 2 is 0.764 bits per heavy atom. The summed E-state index contributed by atoms with van der Waals surface area (Å²) in [4.78, 5) is 0. The normalized spacial score (nSPS) is 12.0. The minimum atomic E-state index is 0.931. The molecule has 254 valence electrons. The van der Waals surface area contributed by atoms with Crippen molar-refractivity contribution in [3.05, 3.63) is 194 Å². The zero-order valence-electron chi connectivity index (χ0n) is 29.9. The van der Waals surface area contributed by atoms with Gasteiger partial charge in [-0.15, -0.1) is 0 Å². The Balaban J connectivity index is 0.981. The molecule has 0 aliphatic heterocycles. The van der Waals surface area contributed by atoms with Gasteiger partial charge in [0.15, 0.2) is 0 Å². The highest BCUT2D eigenvalue weighted by molar-refractivity contribution is 6.25. The van der Waals surface area contributed by atoms with Gasteiger partial charge in [-0.05, 0) is 129 Å². The summed E-state index contributed by atoms with van der Waals surface area (Å²) < 4.78 is 6.52. The fraction of sp³-hybridized carbons (Fsp3) is 0. The fourth-order valence-electron chi connectivity index (χ4n) is 9.27. The molecule has 0 aliphatic carbocycles. The van der Waals surface area contributed by atoms with Crippen molar-refractivity contribution >= 4 is 86.6 Å². The maximum absolute atomic E-state index is 6.52. The van der Waals surface area contributed by atoms with Crippen LogP contribution in [0.1, 0.15) is 0 Å². The van der Waals surface area contributed by atoms with E-state index in [0.717, 1.165) is 21.9 Å². The average Bonchev–Trinajstić information content (AvgIpc) is 3.65. The quantitative estimate of drug-likeness (QED) is 0.168. The molecule has 0 fully saturated rings. The van der Waals surface area contributed by atoms with E-state index in [0.29, 0.717) is 0 Å². The van der Waals surface area contributed by atoms with Gasteiger partial charge in [-0.3, -0.25) is 0 Å². The predicted molar refractivity (Wildman–Crippen MR) is 235 cm³/mol. The van der Waals surface area contributed by atoms with Gasteiger partial charge in [0.1, 0.15) is 11.2 Å². The summed E-state index contributed by atoms with van der Waals surface area (Å²) in [6.07, 6.45) is 0. The van der Waals surface area contributed by atoms with Crippen LogP contribution in [0.2, 0.25) is 0 Å². The van der Waals surface area contributed by atoms with E-state index in [-0.39, 0.29) is 0 Å². The molecule has 0 aliphatic rings. The number of benzene rings is 11. The summed E-state index contributed by atoms with van der Waals surface area (Å²) in [6, 6.07) is 71.1. The fourth-order valence-corrected chi connectivity index (χ4v) is 9.27. The molecular weight excluding hydrogens is 665 g/mol. The molecule has 0 N–H and O–H groups in total. The van der Waals surface area contributed by atoms with Crippen molar-refractivity contribution in [3.63, 3.8) is 0 Å². The van der Waals surface area contributed by atoms with Crippen LogP contribution in [0.4, 0.5) is 0 Å². The zero-order chi connectivity index (χ0) is 36.0. The van der Waals surface area contributed by atoms with Crippen molar-refractivity contribution < 1.29 is 4.42 Å². The van der Waals surface area contributed by atoms with Crippen LogP contribution in [0.15, 0.2) is 199 Å². The molecule has 12 rings (SSSR count). The molecule has 1 nitrogen and oxygen atoms in total. The standard InChI is InChI=1S/C54H32O/c1-3-13-41-33(10-1)12-9-19-44(41)52-47-17-7-5-15-45(47)51(46-16-6-8-18-48(46)52)40-23-22-36-30-35(20-21-37(36)32-40)38-24-27-43-39(31-38)25-28-49-53-42-14-4-2-11-34(42)26-29-50(53)55-54(43)49/h1-32H. The van der Waals surface area contributed by atoms with E-state index < -0.39 is 0 Å². The molecule has 0 spiro atoms. The van der Waals surface area contributed by atoms with Crippen molar-refractivity contribution in [3.8, 4) is 33.4 Å². The third-order valence-corrected chi connectivity index (χ3v) is 11.8. The Kier molecular flexibility index (Phi) is 6.40. The molecule has 1 heterocycles. The van der Waals surface area contributed by atoms with Crippen LogP contribution in [0.5, 0.6) is 0 Å². The van der Waals surface area contributed by atoms with Gasteiger partial charge in [0.2, 0.25) is 0 Å². The van der Waals surface area contributed by atoms with Gasteiger partial charge >= 0.3 is 0 Å². The Labute approximate surface area is 317 Å². The summed E-state index contributed by atoms with van der Waals surface area (Å²) in [6.45, 7) is 0. The van der Waals surface area contributed by atoms with Gasteiger partial charge in [0.25, 0.3) is 0 Å². The van der Waals surface area contributed by atoms with E-state index in [1.165, 1.54) is 98.0 Å². The summed E-state index contributed by atoms with van der Waals surface area (Å²) in [5, 5.41) is 17.2. The first kappa shape index (κ1) is 30.3. The molecular formula is C54H32O. The van der Waals surface area contributed by atoms with E-state index in [2.05, 4.69) is 194 Å². The maximum atomic E-state index is 6.52. The molecule has 0 bridgehead atoms. The molecule has 0 unspecified atom stereocenters. The van der Waals surface area contributed by atoms with Crippen LogP contribution in [0.25, 0.3) is 120 Å². The molecule has 0 amide bonds. The maximum Gasteiger partial charge on any atom is 0.143 e. The summed E-state index contributed by atoms with van der Waals surface area (Å²) >= 11 is 0. The Bertz CT molecular complexity index is 3490. The van der Waals surface area contributed by atoms with Crippen LogP contribution in [-0.4, -0.2) is 0 Å². The predicted octanol–water partition coefficient (Wildman–Crippen LogP) is 15.5. The summed E-state index contributed by atoms with van der Waals surface area (Å²) in [7, 11) is 0. The van der Waals surface area contributed by atoms with Crippen LogP contribution in [-0.2, 0) is 0 Å². The molecule has 0 atom stereocenters. The number of rotatable bonds is 3. The molecule has 1 aromatic heterocycles. The lowest BCUT2D eigenvalue weighted by Crippen LogP contribution is -1.91. The van der Waals surface area contributed by atoms with Crippen molar-refractivity contribution in [1.29, 1.82) is 0 Å². The van der Waals surface area contributed by atoms with Gasteiger partial charge in [0.05, 0.1) is 0 Å². The molecule has 55 heavy (non-hydrogen) atoms. The lowest BCUT2D eigenvalue weighted by Gasteiger charge is -2.19. The lowest BCUT2D eigenvalue weighted by molar-refractivity contribution is 0.673. The third-order valence-electron chi connectivity index (χ3n) is 11.8. The summed E-state index contributed by atoms with van der Waals surface area (Å²) in [5.74, 6) is 0. The zero-order valence-corrected chi connectivity index (χ0v) is 29.9. The van der Waals surface area contributed by atoms with Gasteiger partial charge in [0, 0.05) is 16.2 Å². The first-order valence-electron chi connectivity index (χ1n) is 19.0. The highest BCUT2D eigenvalue weighted by Gasteiger charge is 2.18. The summed E-state index contributed by atoms with van der Waals surface area (Å²) in [5.41, 5.74) is 9.35. The number of hydrogen-bond donors (Lipinski definition) is 0. The number of furan rings is 1. The monoisotopic (exact) mass is 696 g/mol. The van der Waals surface area contributed by atoms with Crippen LogP contribution in [0.3, 0.4) is 0 Å². The second-order valence-corrected chi connectivity index (χ2v) is 14.8. The minimum absolute atomic E-state index is 0.931. The SMILES string of the molecule is c1ccc2c(-c3c4ccccc4c(-c4ccc5cc(-c6ccc7c(ccc8c7oc7ccc9ccccc9c78)c6)ccc5c4)c4ccccc34)cccc2c1. The first-order valence-corrected chi connectivity index (χ1v) is 19.0. The van der Waals surface area contributed by atoms with Gasteiger partial charge in [-0.25, -0.2) is 0 Å². The van der Waals surface area contributed by atoms with Crippen molar-refractivity contribution in [2.75, 3.05) is 0 Å². The minimum Gasteiger partial charge on any atom is -0.455 e. The molecule has 11 aromatic carbocycles. The Morgan fingerprint density at radius 3 is 1.49 bits per heavy atom. The smallest absolute Gasteiger partial charge is 0.143 e. The van der Waals surface area contributed by atoms with Gasteiger partial charge < -0.3 is 4.42 Å². The molecule has 0 saturated heterocycles. The second-order valence-electron chi connectivity index (χ2n) is 14.8. The average molecular weight is 697 g/mol. The highest BCUT2D eigenvalue weighted by Crippen LogP contribution is 2.46. The van der Waals surface area contributed by atoms with Crippen molar-refractivity contribution in [2.24, 2.45) is 0 Å².